The minimum absolute atomic E-state index is 0.823. The lowest BCUT2D eigenvalue weighted by Crippen LogP contribution is -1.94. The maximum Gasteiger partial charge on any atom is 0.126 e. The molecule has 88 valence electrons. The van der Waals surface area contributed by atoms with E-state index in [1.54, 1.807) is 0 Å². The van der Waals surface area contributed by atoms with Crippen LogP contribution in [0.3, 0.4) is 0 Å². The van der Waals surface area contributed by atoms with Crippen molar-refractivity contribution in [2.45, 2.75) is 13.8 Å². The molecule has 0 aliphatic heterocycles. The zero-order valence-electron chi connectivity index (χ0n) is 10.5. The van der Waals surface area contributed by atoms with Crippen LogP contribution in [0.25, 0.3) is 22.0 Å². The number of para-hydroxylation sites is 1. The van der Waals surface area contributed by atoms with Crippen LogP contribution in [0.1, 0.15) is 11.5 Å². The van der Waals surface area contributed by atoms with Gasteiger partial charge in [0.05, 0.1) is 5.52 Å². The van der Waals surface area contributed by atoms with E-state index in [2.05, 4.69) is 52.4 Å². The topological polar surface area (TPSA) is 25.8 Å². The van der Waals surface area contributed by atoms with Gasteiger partial charge < -0.3 is 0 Å². The smallest absolute Gasteiger partial charge is 0.126 e. The van der Waals surface area contributed by atoms with Gasteiger partial charge in [-0.15, -0.1) is 0 Å². The first-order valence-corrected chi connectivity index (χ1v) is 6.05. The maximum atomic E-state index is 4.60. The summed E-state index contributed by atoms with van der Waals surface area (Å²) in [6.07, 6.45) is 0. The highest BCUT2D eigenvalue weighted by Crippen LogP contribution is 2.28. The summed E-state index contributed by atoms with van der Waals surface area (Å²) in [5.74, 6) is 0.823. The Hall–Kier alpha value is -2.22. The Balaban J connectivity index is 2.37. The third-order valence-electron chi connectivity index (χ3n) is 3.11. The van der Waals surface area contributed by atoms with Crippen LogP contribution in [-0.4, -0.2) is 9.97 Å². The first kappa shape index (κ1) is 10.9. The van der Waals surface area contributed by atoms with Crippen LogP contribution in [0.5, 0.6) is 0 Å². The van der Waals surface area contributed by atoms with Crippen molar-refractivity contribution in [1.29, 1.82) is 0 Å². The van der Waals surface area contributed by atoms with Gasteiger partial charge in [-0.25, -0.2) is 9.97 Å². The fraction of sp³-hybridized carbons (Fsp3) is 0.125. The Morgan fingerprint density at radius 1 is 0.778 bits per heavy atom. The summed E-state index contributed by atoms with van der Waals surface area (Å²) in [5.41, 5.74) is 4.44. The molecule has 0 saturated heterocycles. The zero-order valence-corrected chi connectivity index (χ0v) is 10.5. The molecule has 0 aliphatic carbocycles. The van der Waals surface area contributed by atoms with Crippen molar-refractivity contribution in [3.8, 4) is 11.1 Å². The highest BCUT2D eigenvalue weighted by atomic mass is 14.9. The normalized spacial score (nSPS) is 10.8. The van der Waals surface area contributed by atoms with Gasteiger partial charge in [0.1, 0.15) is 5.82 Å². The number of hydrogen-bond donors (Lipinski definition) is 0. The molecule has 0 bridgehead atoms. The van der Waals surface area contributed by atoms with Crippen molar-refractivity contribution >= 4 is 10.9 Å². The van der Waals surface area contributed by atoms with E-state index in [-0.39, 0.29) is 0 Å². The van der Waals surface area contributed by atoms with Gasteiger partial charge in [0.25, 0.3) is 0 Å². The number of rotatable bonds is 1. The van der Waals surface area contributed by atoms with Gasteiger partial charge in [0.15, 0.2) is 0 Å². The maximum absolute atomic E-state index is 4.60. The van der Waals surface area contributed by atoms with Crippen molar-refractivity contribution in [1.82, 2.24) is 9.97 Å². The number of benzene rings is 2. The predicted molar refractivity (Wildman–Crippen MR) is 74.4 cm³/mol. The van der Waals surface area contributed by atoms with Crippen molar-refractivity contribution in [2.24, 2.45) is 0 Å². The van der Waals surface area contributed by atoms with E-state index in [4.69, 9.17) is 0 Å². The van der Waals surface area contributed by atoms with Crippen LogP contribution < -0.4 is 0 Å². The monoisotopic (exact) mass is 234 g/mol. The summed E-state index contributed by atoms with van der Waals surface area (Å²) < 4.78 is 0. The molecule has 0 aliphatic rings. The number of aryl methyl sites for hydroxylation is 2. The van der Waals surface area contributed by atoms with Crippen LogP contribution in [0.2, 0.25) is 0 Å². The molecule has 0 fully saturated rings. The Bertz CT molecular complexity index is 703. The largest absolute Gasteiger partial charge is 0.238 e. The third kappa shape index (κ3) is 1.76. The van der Waals surface area contributed by atoms with Crippen molar-refractivity contribution < 1.29 is 0 Å². The molecular weight excluding hydrogens is 220 g/mol. The van der Waals surface area contributed by atoms with Crippen LogP contribution in [0.4, 0.5) is 0 Å². The van der Waals surface area contributed by atoms with Gasteiger partial charge in [0.2, 0.25) is 0 Å². The second-order valence-electron chi connectivity index (χ2n) is 4.42. The van der Waals surface area contributed by atoms with Crippen molar-refractivity contribution in [3.63, 3.8) is 0 Å². The molecule has 0 spiro atoms. The van der Waals surface area contributed by atoms with E-state index in [1.165, 1.54) is 11.1 Å². The molecule has 2 nitrogen and oxygen atoms in total. The summed E-state index contributed by atoms with van der Waals surface area (Å²) in [6, 6.07) is 16.6. The predicted octanol–water partition coefficient (Wildman–Crippen LogP) is 3.91. The molecule has 3 rings (SSSR count). The van der Waals surface area contributed by atoms with Crippen LogP contribution in [0.15, 0.2) is 48.5 Å². The van der Waals surface area contributed by atoms with Gasteiger partial charge in [0, 0.05) is 16.6 Å². The van der Waals surface area contributed by atoms with Crippen LogP contribution >= 0.6 is 0 Å². The van der Waals surface area contributed by atoms with E-state index >= 15 is 0 Å². The minimum Gasteiger partial charge on any atom is -0.238 e. The summed E-state index contributed by atoms with van der Waals surface area (Å²) in [7, 11) is 0. The Labute approximate surface area is 106 Å². The standard InChI is InChI=1S/C16H14N2/c1-11-14-9-6-10-15(13-7-4-3-5-8-13)16(14)18-12(2)17-11/h3-10H,1-2H3. The molecule has 0 saturated carbocycles. The second kappa shape index (κ2) is 4.22. The summed E-state index contributed by atoms with van der Waals surface area (Å²) in [4.78, 5) is 9.03. The summed E-state index contributed by atoms with van der Waals surface area (Å²) in [5, 5.41) is 1.13. The molecule has 1 heterocycles. The Morgan fingerprint density at radius 2 is 1.56 bits per heavy atom. The molecule has 0 N–H and O–H groups in total. The fourth-order valence-electron chi connectivity index (χ4n) is 2.30. The van der Waals surface area contributed by atoms with Crippen LogP contribution in [0, 0.1) is 13.8 Å². The molecule has 2 aromatic carbocycles. The van der Waals surface area contributed by atoms with Gasteiger partial charge >= 0.3 is 0 Å². The minimum atomic E-state index is 0.823. The molecule has 0 radical (unpaired) electrons. The SMILES string of the molecule is Cc1nc(C)c2cccc(-c3ccccc3)c2n1. The second-order valence-corrected chi connectivity index (χ2v) is 4.42. The first-order valence-electron chi connectivity index (χ1n) is 6.05. The quantitative estimate of drug-likeness (QED) is 0.638. The number of fused-ring (bicyclic) bond motifs is 1. The highest BCUT2D eigenvalue weighted by Gasteiger charge is 2.07. The number of nitrogens with zero attached hydrogens (tertiary/aromatic N) is 2. The lowest BCUT2D eigenvalue weighted by molar-refractivity contribution is 1.05. The van der Waals surface area contributed by atoms with E-state index in [0.717, 1.165) is 22.4 Å². The van der Waals surface area contributed by atoms with Crippen molar-refractivity contribution in [3.05, 3.63) is 60.0 Å². The van der Waals surface area contributed by atoms with E-state index in [1.807, 2.05) is 19.9 Å². The van der Waals surface area contributed by atoms with Gasteiger partial charge in [-0.1, -0.05) is 48.5 Å². The Morgan fingerprint density at radius 3 is 2.33 bits per heavy atom. The molecule has 0 unspecified atom stereocenters. The lowest BCUT2D eigenvalue weighted by Gasteiger charge is -2.08. The van der Waals surface area contributed by atoms with Gasteiger partial charge in [-0.2, -0.15) is 0 Å². The molecule has 0 amide bonds. The average molecular weight is 234 g/mol. The molecule has 3 aromatic rings. The van der Waals surface area contributed by atoms with Gasteiger partial charge in [-0.3, -0.25) is 0 Å². The van der Waals surface area contributed by atoms with Crippen LogP contribution in [-0.2, 0) is 0 Å². The number of aromatic nitrogens is 2. The fourth-order valence-corrected chi connectivity index (χ4v) is 2.30. The zero-order chi connectivity index (χ0) is 12.5. The molecule has 2 heteroatoms. The molecule has 18 heavy (non-hydrogen) atoms. The Kier molecular flexibility index (Phi) is 2.56. The highest BCUT2D eigenvalue weighted by molar-refractivity contribution is 5.94. The van der Waals surface area contributed by atoms with E-state index in [0.29, 0.717) is 0 Å². The van der Waals surface area contributed by atoms with Crippen molar-refractivity contribution in [2.75, 3.05) is 0 Å². The number of hydrogen-bond acceptors (Lipinski definition) is 2. The molecule has 1 aromatic heterocycles. The van der Waals surface area contributed by atoms with Gasteiger partial charge in [-0.05, 0) is 19.4 Å². The summed E-state index contributed by atoms with van der Waals surface area (Å²) >= 11 is 0. The van der Waals surface area contributed by atoms with E-state index < -0.39 is 0 Å². The molecule has 0 atom stereocenters. The average Bonchev–Trinajstić information content (AvgIpc) is 2.39. The first-order chi connectivity index (χ1) is 8.75. The molecular formula is C16H14N2. The summed E-state index contributed by atoms with van der Waals surface area (Å²) in [6.45, 7) is 3.97. The lowest BCUT2D eigenvalue weighted by atomic mass is 10.0. The third-order valence-corrected chi connectivity index (χ3v) is 3.11. The van der Waals surface area contributed by atoms with E-state index in [9.17, 15) is 0 Å².